The molecular formula is C12H15NO4S. The molecule has 18 heavy (non-hydrogen) atoms. The summed E-state index contributed by atoms with van der Waals surface area (Å²) in [4.78, 5) is 11.4. The first-order valence-corrected chi connectivity index (χ1v) is 6.80. The zero-order valence-electron chi connectivity index (χ0n) is 10.0. The summed E-state index contributed by atoms with van der Waals surface area (Å²) in [5.41, 5.74) is 0.155. The minimum absolute atomic E-state index is 0.0466. The molecule has 98 valence electrons. The van der Waals surface area contributed by atoms with Crippen molar-refractivity contribution in [2.75, 3.05) is 19.7 Å². The average molecular weight is 269 g/mol. The normalized spacial score (nSPS) is 22.6. The topological polar surface area (TPSA) is 66.8 Å². The van der Waals surface area contributed by atoms with E-state index in [9.17, 15) is 9.00 Å². The van der Waals surface area contributed by atoms with Crippen molar-refractivity contribution in [2.24, 2.45) is 0 Å². The second kappa shape index (κ2) is 5.60. The molecule has 0 bridgehead atoms. The molecule has 2 unspecified atom stereocenters. The highest BCUT2D eigenvalue weighted by Crippen LogP contribution is 2.16. The third-order valence-electron chi connectivity index (χ3n) is 2.72. The second-order valence-electron chi connectivity index (χ2n) is 4.15. The number of carboxylic acids is 1. The third kappa shape index (κ3) is 2.95. The van der Waals surface area contributed by atoms with Gasteiger partial charge in [0.2, 0.25) is 0 Å². The molecule has 2 atom stereocenters. The molecule has 1 heterocycles. The van der Waals surface area contributed by atoms with Crippen molar-refractivity contribution in [2.45, 2.75) is 17.9 Å². The van der Waals surface area contributed by atoms with Crippen LogP contribution in [-0.2, 0) is 15.7 Å². The van der Waals surface area contributed by atoms with E-state index in [2.05, 4.69) is 0 Å². The van der Waals surface area contributed by atoms with Crippen LogP contribution < -0.4 is 0 Å². The van der Waals surface area contributed by atoms with Crippen LogP contribution in [-0.4, -0.2) is 45.4 Å². The van der Waals surface area contributed by atoms with Crippen molar-refractivity contribution in [3.05, 3.63) is 29.8 Å². The van der Waals surface area contributed by atoms with Gasteiger partial charge in [-0.25, -0.2) is 13.3 Å². The molecule has 1 aromatic carbocycles. The summed E-state index contributed by atoms with van der Waals surface area (Å²) >= 11 is 0. The number of hydrogen-bond acceptors (Lipinski definition) is 3. The molecule has 0 aliphatic carbocycles. The molecule has 5 nitrogen and oxygen atoms in total. The number of morpholine rings is 1. The number of hydrogen-bond donors (Lipinski definition) is 1. The molecular weight excluding hydrogens is 254 g/mol. The SMILES string of the molecule is CC1CN(S(=O)c2cccc(C(=O)O)c2)CCO1. The summed E-state index contributed by atoms with van der Waals surface area (Å²) in [6.45, 7) is 3.65. The predicted octanol–water partition coefficient (Wildman–Crippen LogP) is 1.13. The lowest BCUT2D eigenvalue weighted by Crippen LogP contribution is -2.41. The molecule has 6 heteroatoms. The first-order chi connectivity index (χ1) is 8.58. The smallest absolute Gasteiger partial charge is 0.335 e. The second-order valence-corrected chi connectivity index (χ2v) is 5.64. The Morgan fingerprint density at radius 1 is 1.56 bits per heavy atom. The number of rotatable bonds is 3. The van der Waals surface area contributed by atoms with Gasteiger partial charge in [-0.05, 0) is 25.1 Å². The Morgan fingerprint density at radius 3 is 3.00 bits per heavy atom. The van der Waals surface area contributed by atoms with Crippen LogP contribution in [0.1, 0.15) is 17.3 Å². The molecule has 1 aliphatic heterocycles. The van der Waals surface area contributed by atoms with E-state index < -0.39 is 17.0 Å². The van der Waals surface area contributed by atoms with E-state index in [1.807, 2.05) is 6.92 Å². The Hall–Kier alpha value is -1.24. The standard InChI is InChI=1S/C12H15NO4S/c1-9-8-13(5-6-17-9)18(16)11-4-2-3-10(7-11)12(14)15/h2-4,7,9H,5-6,8H2,1H3,(H,14,15). The summed E-state index contributed by atoms with van der Waals surface area (Å²) in [7, 11) is -1.33. The third-order valence-corrected chi connectivity index (χ3v) is 4.18. The van der Waals surface area contributed by atoms with E-state index in [-0.39, 0.29) is 11.7 Å². The van der Waals surface area contributed by atoms with Crippen LogP contribution in [0.15, 0.2) is 29.2 Å². The lowest BCUT2D eigenvalue weighted by atomic mass is 10.2. The van der Waals surface area contributed by atoms with E-state index in [1.54, 1.807) is 16.4 Å². The van der Waals surface area contributed by atoms with E-state index in [1.165, 1.54) is 12.1 Å². The van der Waals surface area contributed by atoms with E-state index in [0.29, 0.717) is 24.6 Å². The van der Waals surface area contributed by atoms with Gasteiger partial charge in [0.25, 0.3) is 0 Å². The Bertz CT molecular complexity index is 477. The van der Waals surface area contributed by atoms with Crippen molar-refractivity contribution in [1.29, 1.82) is 0 Å². The molecule has 0 spiro atoms. The molecule has 1 N–H and O–H groups in total. The van der Waals surface area contributed by atoms with Crippen molar-refractivity contribution in [1.82, 2.24) is 4.31 Å². The van der Waals surface area contributed by atoms with Gasteiger partial charge in [0.05, 0.1) is 23.2 Å². The van der Waals surface area contributed by atoms with E-state index in [4.69, 9.17) is 9.84 Å². The van der Waals surface area contributed by atoms with Crippen molar-refractivity contribution >= 4 is 17.0 Å². The minimum atomic E-state index is -1.33. The fraction of sp³-hybridized carbons (Fsp3) is 0.417. The van der Waals surface area contributed by atoms with Gasteiger partial charge in [0.1, 0.15) is 11.0 Å². The molecule has 0 radical (unpaired) electrons. The summed E-state index contributed by atoms with van der Waals surface area (Å²) < 4.78 is 19.5. The zero-order chi connectivity index (χ0) is 13.1. The molecule has 1 aromatic rings. The van der Waals surface area contributed by atoms with E-state index >= 15 is 0 Å². The van der Waals surface area contributed by atoms with Gasteiger partial charge >= 0.3 is 5.97 Å². The first kappa shape index (κ1) is 13.2. The van der Waals surface area contributed by atoms with Crippen LogP contribution in [0.2, 0.25) is 0 Å². The number of nitrogens with zero attached hydrogens (tertiary/aromatic N) is 1. The molecule has 1 aliphatic rings. The van der Waals surface area contributed by atoms with Gasteiger partial charge in [-0.3, -0.25) is 0 Å². The van der Waals surface area contributed by atoms with Crippen LogP contribution >= 0.6 is 0 Å². The van der Waals surface area contributed by atoms with Gasteiger partial charge in [-0.1, -0.05) is 6.07 Å². The molecule has 2 rings (SSSR count). The number of carbonyl (C=O) groups is 1. The molecule has 1 saturated heterocycles. The van der Waals surface area contributed by atoms with Gasteiger partial charge in [0.15, 0.2) is 0 Å². The van der Waals surface area contributed by atoms with Crippen molar-refractivity contribution in [3.63, 3.8) is 0 Å². The average Bonchev–Trinajstić information content (AvgIpc) is 2.38. The molecule has 0 saturated carbocycles. The minimum Gasteiger partial charge on any atom is -0.478 e. The summed E-state index contributed by atoms with van der Waals surface area (Å²) in [6, 6.07) is 6.24. The largest absolute Gasteiger partial charge is 0.478 e. The fourth-order valence-corrected chi connectivity index (χ4v) is 3.13. The van der Waals surface area contributed by atoms with Gasteiger partial charge in [-0.15, -0.1) is 0 Å². The highest BCUT2D eigenvalue weighted by molar-refractivity contribution is 7.82. The number of aromatic carboxylic acids is 1. The Labute approximate surface area is 108 Å². The quantitative estimate of drug-likeness (QED) is 0.893. The highest BCUT2D eigenvalue weighted by Gasteiger charge is 2.22. The Balaban J connectivity index is 2.17. The van der Waals surface area contributed by atoms with Crippen LogP contribution in [0.5, 0.6) is 0 Å². The van der Waals surface area contributed by atoms with Gasteiger partial charge in [-0.2, -0.15) is 0 Å². The number of ether oxygens (including phenoxy) is 1. The maximum Gasteiger partial charge on any atom is 0.335 e. The highest BCUT2D eigenvalue weighted by atomic mass is 32.2. The molecule has 0 aromatic heterocycles. The Morgan fingerprint density at radius 2 is 2.33 bits per heavy atom. The maximum absolute atomic E-state index is 12.3. The summed E-state index contributed by atoms with van der Waals surface area (Å²) in [5, 5.41) is 8.91. The number of carboxylic acid groups (broad SMARTS) is 1. The molecule has 0 amide bonds. The summed E-state index contributed by atoms with van der Waals surface area (Å²) in [6.07, 6.45) is 0.0466. The van der Waals surface area contributed by atoms with Crippen LogP contribution in [0, 0.1) is 0 Å². The lowest BCUT2D eigenvalue weighted by molar-refractivity contribution is 0.0118. The van der Waals surface area contributed by atoms with Gasteiger partial charge in [0, 0.05) is 13.1 Å². The van der Waals surface area contributed by atoms with Crippen molar-refractivity contribution in [3.8, 4) is 0 Å². The zero-order valence-corrected chi connectivity index (χ0v) is 10.9. The van der Waals surface area contributed by atoms with Crippen LogP contribution in [0.3, 0.4) is 0 Å². The van der Waals surface area contributed by atoms with Crippen LogP contribution in [0.25, 0.3) is 0 Å². The predicted molar refractivity (Wildman–Crippen MR) is 66.8 cm³/mol. The van der Waals surface area contributed by atoms with Gasteiger partial charge < -0.3 is 9.84 Å². The Kier molecular flexibility index (Phi) is 4.11. The molecule has 1 fully saturated rings. The lowest BCUT2D eigenvalue weighted by Gasteiger charge is -2.29. The number of benzene rings is 1. The monoisotopic (exact) mass is 269 g/mol. The maximum atomic E-state index is 12.3. The van der Waals surface area contributed by atoms with Crippen molar-refractivity contribution < 1.29 is 18.8 Å². The van der Waals surface area contributed by atoms with Crippen LogP contribution in [0.4, 0.5) is 0 Å². The fourth-order valence-electron chi connectivity index (χ4n) is 1.82. The van der Waals surface area contributed by atoms with E-state index in [0.717, 1.165) is 0 Å². The first-order valence-electron chi connectivity index (χ1n) is 5.69. The summed E-state index contributed by atoms with van der Waals surface area (Å²) in [5.74, 6) is -1.01.